The summed E-state index contributed by atoms with van der Waals surface area (Å²) in [4.78, 5) is 4.94. The van der Waals surface area contributed by atoms with Crippen molar-refractivity contribution >= 4 is 9.84 Å². The van der Waals surface area contributed by atoms with E-state index in [1.165, 1.54) is 6.26 Å². The van der Waals surface area contributed by atoms with Crippen LogP contribution in [0.2, 0.25) is 0 Å². The second-order valence-corrected chi connectivity index (χ2v) is 7.42. The van der Waals surface area contributed by atoms with Gasteiger partial charge in [-0.25, -0.2) is 8.42 Å². The van der Waals surface area contributed by atoms with E-state index in [2.05, 4.69) is 29.0 Å². The maximum atomic E-state index is 11.0. The van der Waals surface area contributed by atoms with Gasteiger partial charge in [0.1, 0.15) is 9.84 Å². The largest absolute Gasteiger partial charge is 0.314 e. The first-order chi connectivity index (χ1) is 8.42. The monoisotopic (exact) mass is 277 g/mol. The molecule has 108 valence electrons. The lowest BCUT2D eigenvalue weighted by Gasteiger charge is -2.39. The van der Waals surface area contributed by atoms with Crippen LogP contribution in [0.25, 0.3) is 0 Å². The van der Waals surface area contributed by atoms with Crippen LogP contribution in [-0.4, -0.2) is 82.1 Å². The smallest absolute Gasteiger partial charge is 0.148 e. The molecule has 0 spiro atoms. The molecule has 1 saturated heterocycles. The third kappa shape index (κ3) is 6.13. The molecule has 1 heterocycles. The van der Waals surface area contributed by atoms with Gasteiger partial charge in [0.15, 0.2) is 0 Å². The second-order valence-electron chi connectivity index (χ2n) is 5.16. The maximum Gasteiger partial charge on any atom is 0.148 e. The quantitative estimate of drug-likeness (QED) is 0.645. The van der Waals surface area contributed by atoms with Crippen LogP contribution >= 0.6 is 0 Å². The van der Waals surface area contributed by atoms with Crippen LogP contribution in [-0.2, 0) is 9.84 Å². The van der Waals surface area contributed by atoms with Crippen molar-refractivity contribution in [3.8, 4) is 0 Å². The molecule has 0 radical (unpaired) electrons. The minimum absolute atomic E-state index is 0.229. The fraction of sp³-hybridized carbons (Fsp3) is 1.00. The molecule has 1 unspecified atom stereocenters. The molecule has 18 heavy (non-hydrogen) atoms. The molecule has 6 heteroatoms. The summed E-state index contributed by atoms with van der Waals surface area (Å²) in [7, 11) is -2.83. The molecule has 1 N–H and O–H groups in total. The lowest BCUT2D eigenvalue weighted by molar-refractivity contribution is 0.0889. The van der Waals surface area contributed by atoms with Crippen LogP contribution < -0.4 is 5.32 Å². The number of hydrogen-bond donors (Lipinski definition) is 1. The van der Waals surface area contributed by atoms with Crippen molar-refractivity contribution in [3.63, 3.8) is 0 Å². The SMILES string of the molecule is CCN1CCN(CCNCCS(C)(=O)=O)CC1C. The third-order valence-electron chi connectivity index (χ3n) is 3.51. The van der Waals surface area contributed by atoms with Crippen molar-refractivity contribution in [2.75, 3.05) is 57.8 Å². The van der Waals surface area contributed by atoms with E-state index in [4.69, 9.17) is 0 Å². The van der Waals surface area contributed by atoms with Crippen LogP contribution in [0.15, 0.2) is 0 Å². The van der Waals surface area contributed by atoms with E-state index in [-0.39, 0.29) is 5.75 Å². The zero-order valence-electron chi connectivity index (χ0n) is 11.9. The van der Waals surface area contributed by atoms with Crippen molar-refractivity contribution in [3.05, 3.63) is 0 Å². The Morgan fingerprint density at radius 2 is 2.00 bits per heavy atom. The lowest BCUT2D eigenvalue weighted by atomic mass is 10.2. The summed E-state index contributed by atoms with van der Waals surface area (Å²) in [6.45, 7) is 11.4. The summed E-state index contributed by atoms with van der Waals surface area (Å²) >= 11 is 0. The molecule has 5 nitrogen and oxygen atoms in total. The number of sulfone groups is 1. The van der Waals surface area contributed by atoms with Crippen molar-refractivity contribution < 1.29 is 8.42 Å². The van der Waals surface area contributed by atoms with E-state index >= 15 is 0 Å². The summed E-state index contributed by atoms with van der Waals surface area (Å²) in [5.41, 5.74) is 0. The van der Waals surface area contributed by atoms with Gasteiger partial charge in [0.05, 0.1) is 5.75 Å². The summed E-state index contributed by atoms with van der Waals surface area (Å²) in [6.07, 6.45) is 1.28. The van der Waals surface area contributed by atoms with Gasteiger partial charge in [0, 0.05) is 51.6 Å². The van der Waals surface area contributed by atoms with Crippen LogP contribution in [0.3, 0.4) is 0 Å². The van der Waals surface area contributed by atoms with Crippen molar-refractivity contribution in [2.24, 2.45) is 0 Å². The van der Waals surface area contributed by atoms with Crippen LogP contribution in [0.4, 0.5) is 0 Å². The van der Waals surface area contributed by atoms with Gasteiger partial charge in [0.25, 0.3) is 0 Å². The summed E-state index contributed by atoms with van der Waals surface area (Å²) in [5, 5.41) is 3.19. The van der Waals surface area contributed by atoms with Gasteiger partial charge in [-0.3, -0.25) is 9.80 Å². The molecule has 0 amide bonds. The predicted octanol–water partition coefficient (Wildman–Crippen LogP) is -0.353. The fourth-order valence-electron chi connectivity index (χ4n) is 2.36. The molecule has 1 aliphatic rings. The van der Waals surface area contributed by atoms with E-state index in [0.717, 1.165) is 39.3 Å². The molecule has 0 bridgehead atoms. The van der Waals surface area contributed by atoms with E-state index in [1.807, 2.05) is 0 Å². The van der Waals surface area contributed by atoms with Crippen LogP contribution in [0.5, 0.6) is 0 Å². The third-order valence-corrected chi connectivity index (χ3v) is 4.46. The minimum Gasteiger partial charge on any atom is -0.314 e. The molecule has 0 aromatic rings. The van der Waals surface area contributed by atoms with Crippen LogP contribution in [0, 0.1) is 0 Å². The topological polar surface area (TPSA) is 52.6 Å². The average Bonchev–Trinajstić information content (AvgIpc) is 2.27. The molecule has 1 atom stereocenters. The molecule has 0 aromatic heterocycles. The standard InChI is InChI=1S/C12H27N3O2S/c1-4-15-9-8-14(11-12(15)2)7-5-13-6-10-18(3,16)17/h12-13H,4-11H2,1-3H3. The minimum atomic E-state index is -2.83. The first kappa shape index (κ1) is 15.9. The normalized spacial score (nSPS) is 23.4. The molecule has 1 rings (SSSR count). The van der Waals surface area contributed by atoms with Crippen molar-refractivity contribution in [1.29, 1.82) is 0 Å². The predicted molar refractivity (Wildman–Crippen MR) is 75.7 cm³/mol. The van der Waals surface area contributed by atoms with E-state index in [0.29, 0.717) is 12.6 Å². The Balaban J connectivity index is 2.10. The van der Waals surface area contributed by atoms with Gasteiger partial charge >= 0.3 is 0 Å². The molecule has 0 aromatic carbocycles. The lowest BCUT2D eigenvalue weighted by Crippen LogP contribution is -2.52. The highest BCUT2D eigenvalue weighted by Gasteiger charge is 2.21. The van der Waals surface area contributed by atoms with E-state index in [9.17, 15) is 8.42 Å². The Morgan fingerprint density at radius 3 is 2.56 bits per heavy atom. The zero-order chi connectivity index (χ0) is 13.6. The Labute approximate surface area is 111 Å². The van der Waals surface area contributed by atoms with Gasteiger partial charge in [-0.05, 0) is 13.5 Å². The molecular formula is C12H27N3O2S. The zero-order valence-corrected chi connectivity index (χ0v) is 12.7. The first-order valence-electron chi connectivity index (χ1n) is 6.77. The molecule has 0 saturated carbocycles. The number of likely N-dealkylation sites (N-methyl/N-ethyl adjacent to an activating group) is 1. The van der Waals surface area contributed by atoms with E-state index in [1.54, 1.807) is 0 Å². The average molecular weight is 277 g/mol. The van der Waals surface area contributed by atoms with Crippen molar-refractivity contribution in [1.82, 2.24) is 15.1 Å². The fourth-order valence-corrected chi connectivity index (χ4v) is 2.88. The molecule has 1 fully saturated rings. The van der Waals surface area contributed by atoms with Crippen LogP contribution in [0.1, 0.15) is 13.8 Å². The maximum absolute atomic E-state index is 11.0. The molecule has 1 aliphatic heterocycles. The number of hydrogen-bond acceptors (Lipinski definition) is 5. The highest BCUT2D eigenvalue weighted by molar-refractivity contribution is 7.90. The van der Waals surface area contributed by atoms with Gasteiger partial charge in [-0.2, -0.15) is 0 Å². The second kappa shape index (κ2) is 7.43. The highest BCUT2D eigenvalue weighted by Crippen LogP contribution is 2.07. The van der Waals surface area contributed by atoms with E-state index < -0.39 is 9.84 Å². The Kier molecular flexibility index (Phi) is 6.55. The van der Waals surface area contributed by atoms with Gasteiger partial charge in [-0.1, -0.05) is 6.92 Å². The van der Waals surface area contributed by atoms with Gasteiger partial charge in [0.2, 0.25) is 0 Å². The number of rotatable bonds is 7. The van der Waals surface area contributed by atoms with Crippen molar-refractivity contribution in [2.45, 2.75) is 19.9 Å². The Morgan fingerprint density at radius 1 is 1.28 bits per heavy atom. The number of piperazine rings is 1. The highest BCUT2D eigenvalue weighted by atomic mass is 32.2. The summed E-state index contributed by atoms with van der Waals surface area (Å²) in [5.74, 6) is 0.229. The summed E-state index contributed by atoms with van der Waals surface area (Å²) < 4.78 is 21.9. The summed E-state index contributed by atoms with van der Waals surface area (Å²) in [6, 6.07) is 0.625. The van der Waals surface area contributed by atoms with Gasteiger partial charge < -0.3 is 5.32 Å². The number of nitrogens with zero attached hydrogens (tertiary/aromatic N) is 2. The number of nitrogens with one attached hydrogen (secondary N) is 1. The Bertz CT molecular complexity index is 332. The van der Waals surface area contributed by atoms with Gasteiger partial charge in [-0.15, -0.1) is 0 Å². The first-order valence-corrected chi connectivity index (χ1v) is 8.83. The Hall–Kier alpha value is -0.170. The molecular weight excluding hydrogens is 250 g/mol. The molecule has 0 aliphatic carbocycles.